The third-order valence-corrected chi connectivity index (χ3v) is 7.24. The molecule has 1 N–H and O–H groups in total. The monoisotopic (exact) mass is 508 g/mol. The number of piperidine rings is 1. The van der Waals surface area contributed by atoms with Crippen LogP contribution in [0.25, 0.3) is 0 Å². The number of likely N-dealkylation sites (tertiary alicyclic amines) is 1. The number of para-hydroxylation sites is 2. The lowest BCUT2D eigenvalue weighted by Crippen LogP contribution is -2.49. The minimum atomic E-state index is -0.564. The Morgan fingerprint density at radius 3 is 2.32 bits per heavy atom. The van der Waals surface area contributed by atoms with Crippen LogP contribution in [0.5, 0.6) is 11.5 Å². The van der Waals surface area contributed by atoms with Crippen LogP contribution in [-0.4, -0.2) is 55.9 Å². The summed E-state index contributed by atoms with van der Waals surface area (Å²) >= 11 is 0. The third kappa shape index (κ3) is 6.27. The number of unbranched alkanes of at least 4 members (excludes halogenated alkanes) is 1. The van der Waals surface area contributed by atoms with Gasteiger partial charge in [0, 0.05) is 49.9 Å². The summed E-state index contributed by atoms with van der Waals surface area (Å²) in [4.78, 5) is 27.8. The Bertz CT molecular complexity index is 1050. The van der Waals surface area contributed by atoms with Crippen molar-refractivity contribution in [3.05, 3.63) is 59.7 Å². The van der Waals surface area contributed by atoms with Gasteiger partial charge in [-0.3, -0.25) is 4.79 Å². The van der Waals surface area contributed by atoms with Gasteiger partial charge >= 0.3 is 6.09 Å². The van der Waals surface area contributed by atoms with E-state index in [1.807, 2.05) is 57.2 Å². The topological polar surface area (TPSA) is 77.1 Å². The fourth-order valence-corrected chi connectivity index (χ4v) is 5.45. The Morgan fingerprint density at radius 1 is 1.05 bits per heavy atom. The summed E-state index contributed by atoms with van der Waals surface area (Å²) < 4.78 is 17.1. The second kappa shape index (κ2) is 11.5. The van der Waals surface area contributed by atoms with E-state index in [2.05, 4.69) is 17.4 Å². The number of fused-ring (bicyclic) bond motifs is 2. The standard InChI is InChI=1S/C30H40N2O5/c1-29(2,3)37-28(34)32-18-11-12-22(20-32)27(33)31-21-30(17-9-10-19-35-4)23-13-5-7-15-25(23)36-26-16-8-6-14-24(26)30/h5-8,13-16,22H,9-12,17-21H2,1-4H3,(H,31,33). The molecule has 1 unspecified atom stereocenters. The first-order valence-corrected chi connectivity index (χ1v) is 13.3. The number of ether oxygens (including phenoxy) is 3. The van der Waals surface area contributed by atoms with Crippen LogP contribution in [0.3, 0.4) is 0 Å². The summed E-state index contributed by atoms with van der Waals surface area (Å²) in [5, 5.41) is 3.29. The number of hydrogen-bond acceptors (Lipinski definition) is 5. The quantitative estimate of drug-likeness (QED) is 0.466. The van der Waals surface area contributed by atoms with E-state index in [4.69, 9.17) is 14.2 Å². The molecule has 7 nitrogen and oxygen atoms in total. The van der Waals surface area contributed by atoms with Gasteiger partial charge < -0.3 is 24.4 Å². The Hall–Kier alpha value is -3.06. The van der Waals surface area contributed by atoms with Crippen LogP contribution in [0.1, 0.15) is 64.0 Å². The molecule has 0 radical (unpaired) electrons. The van der Waals surface area contributed by atoms with E-state index in [1.54, 1.807) is 12.0 Å². The molecule has 0 bridgehead atoms. The first-order chi connectivity index (χ1) is 17.7. The van der Waals surface area contributed by atoms with Gasteiger partial charge in [0.25, 0.3) is 0 Å². The van der Waals surface area contributed by atoms with Crippen molar-refractivity contribution in [3.8, 4) is 11.5 Å². The van der Waals surface area contributed by atoms with Crippen LogP contribution in [0.2, 0.25) is 0 Å². The van der Waals surface area contributed by atoms with E-state index in [0.29, 0.717) is 26.2 Å². The second-order valence-electron chi connectivity index (χ2n) is 11.1. The van der Waals surface area contributed by atoms with Crippen LogP contribution < -0.4 is 10.1 Å². The van der Waals surface area contributed by atoms with Gasteiger partial charge in [0.1, 0.15) is 17.1 Å². The minimum absolute atomic E-state index is 0.0222. The van der Waals surface area contributed by atoms with Crippen LogP contribution in [0.15, 0.2) is 48.5 Å². The zero-order valence-corrected chi connectivity index (χ0v) is 22.5. The van der Waals surface area contributed by atoms with Crippen molar-refractivity contribution in [2.45, 2.75) is 63.9 Å². The van der Waals surface area contributed by atoms with Crippen LogP contribution in [0, 0.1) is 5.92 Å². The smallest absolute Gasteiger partial charge is 0.410 e. The SMILES string of the molecule is COCCCCC1(CNC(=O)C2CCCN(C(=O)OC(C)(C)C)C2)c2ccccc2Oc2ccccc21. The molecule has 1 atom stereocenters. The van der Waals surface area contributed by atoms with E-state index < -0.39 is 11.0 Å². The van der Waals surface area contributed by atoms with Gasteiger partial charge in [0.15, 0.2) is 0 Å². The summed E-state index contributed by atoms with van der Waals surface area (Å²) in [7, 11) is 1.72. The van der Waals surface area contributed by atoms with Crippen molar-refractivity contribution in [3.63, 3.8) is 0 Å². The van der Waals surface area contributed by atoms with Crippen molar-refractivity contribution < 1.29 is 23.8 Å². The summed E-state index contributed by atoms with van der Waals surface area (Å²) in [5.41, 5.74) is 1.19. The van der Waals surface area contributed by atoms with Crippen molar-refractivity contribution >= 4 is 12.0 Å². The van der Waals surface area contributed by atoms with Gasteiger partial charge in [0.05, 0.1) is 5.92 Å². The Balaban J connectivity index is 1.55. The number of methoxy groups -OCH3 is 1. The zero-order chi connectivity index (χ0) is 26.5. The van der Waals surface area contributed by atoms with Gasteiger partial charge in [0.2, 0.25) is 5.91 Å². The number of carbonyl (C=O) groups excluding carboxylic acids is 2. The maximum absolute atomic E-state index is 13.5. The number of hydrogen-bond donors (Lipinski definition) is 1. The molecule has 1 fully saturated rings. The molecule has 2 aromatic rings. The van der Waals surface area contributed by atoms with E-state index in [-0.39, 0.29) is 17.9 Å². The van der Waals surface area contributed by atoms with E-state index in [9.17, 15) is 9.59 Å². The Morgan fingerprint density at radius 2 is 1.70 bits per heavy atom. The first-order valence-electron chi connectivity index (χ1n) is 13.3. The van der Waals surface area contributed by atoms with Crippen molar-refractivity contribution in [1.29, 1.82) is 0 Å². The van der Waals surface area contributed by atoms with Gasteiger partial charge in [-0.25, -0.2) is 4.79 Å². The molecule has 0 aliphatic carbocycles. The van der Waals surface area contributed by atoms with Gasteiger partial charge in [-0.1, -0.05) is 36.4 Å². The molecule has 37 heavy (non-hydrogen) atoms. The van der Waals surface area contributed by atoms with Crippen LogP contribution >= 0.6 is 0 Å². The predicted octanol–water partition coefficient (Wildman–Crippen LogP) is 5.66. The molecule has 0 spiro atoms. The molecule has 2 amide bonds. The predicted molar refractivity (Wildman–Crippen MR) is 143 cm³/mol. The fourth-order valence-electron chi connectivity index (χ4n) is 5.45. The minimum Gasteiger partial charge on any atom is -0.457 e. The van der Waals surface area contributed by atoms with E-state index in [1.165, 1.54) is 0 Å². The fraction of sp³-hybridized carbons (Fsp3) is 0.533. The van der Waals surface area contributed by atoms with Crippen LogP contribution in [0.4, 0.5) is 4.79 Å². The first kappa shape index (κ1) is 27.0. The largest absolute Gasteiger partial charge is 0.457 e. The van der Waals surface area contributed by atoms with Gasteiger partial charge in [-0.15, -0.1) is 0 Å². The molecule has 2 aromatic carbocycles. The molecule has 2 heterocycles. The summed E-state index contributed by atoms with van der Waals surface area (Å²) in [5.74, 6) is 1.37. The maximum Gasteiger partial charge on any atom is 0.410 e. The summed E-state index contributed by atoms with van der Waals surface area (Å²) in [6.07, 6.45) is 3.91. The third-order valence-electron chi connectivity index (χ3n) is 7.24. The molecule has 2 aliphatic rings. The highest BCUT2D eigenvalue weighted by molar-refractivity contribution is 5.80. The molecule has 2 aliphatic heterocycles. The average molecular weight is 509 g/mol. The van der Waals surface area contributed by atoms with Gasteiger partial charge in [-0.05, 0) is 65.0 Å². The highest BCUT2D eigenvalue weighted by atomic mass is 16.6. The second-order valence-corrected chi connectivity index (χ2v) is 11.1. The normalized spacial score (nSPS) is 18.3. The number of amides is 2. The van der Waals surface area contributed by atoms with Crippen molar-refractivity contribution in [2.24, 2.45) is 5.92 Å². The highest BCUT2D eigenvalue weighted by Gasteiger charge is 2.42. The Labute approximate surface area is 220 Å². The number of rotatable bonds is 8. The molecular weight excluding hydrogens is 468 g/mol. The Kier molecular flexibility index (Phi) is 8.42. The molecular formula is C30H40N2O5. The van der Waals surface area contributed by atoms with Gasteiger partial charge in [-0.2, -0.15) is 0 Å². The zero-order valence-electron chi connectivity index (χ0n) is 22.5. The van der Waals surface area contributed by atoms with E-state index in [0.717, 1.165) is 54.7 Å². The molecule has 0 aromatic heterocycles. The molecule has 4 rings (SSSR count). The molecule has 200 valence electrons. The summed E-state index contributed by atoms with van der Waals surface area (Å²) in [6, 6.07) is 16.2. The number of nitrogens with one attached hydrogen (secondary N) is 1. The molecule has 1 saturated heterocycles. The number of benzene rings is 2. The maximum atomic E-state index is 13.5. The van der Waals surface area contributed by atoms with Crippen molar-refractivity contribution in [2.75, 3.05) is 33.4 Å². The molecule has 0 saturated carbocycles. The lowest BCUT2D eigenvalue weighted by molar-refractivity contribution is -0.126. The van der Waals surface area contributed by atoms with E-state index >= 15 is 0 Å². The lowest BCUT2D eigenvalue weighted by atomic mass is 9.69. The molecule has 7 heteroatoms. The summed E-state index contributed by atoms with van der Waals surface area (Å²) in [6.45, 7) is 7.71. The van der Waals surface area contributed by atoms with Crippen molar-refractivity contribution in [1.82, 2.24) is 10.2 Å². The van der Waals surface area contributed by atoms with Crippen LogP contribution in [-0.2, 0) is 19.7 Å². The lowest BCUT2D eigenvalue weighted by Gasteiger charge is -2.41. The highest BCUT2D eigenvalue weighted by Crippen LogP contribution is 2.50. The average Bonchev–Trinajstić information content (AvgIpc) is 2.88. The number of carbonyl (C=O) groups is 2. The number of nitrogens with zero attached hydrogens (tertiary/aromatic N) is 1.